The van der Waals surface area contributed by atoms with E-state index < -0.39 is 0 Å². The van der Waals surface area contributed by atoms with Gasteiger partial charge in [0.1, 0.15) is 0 Å². The number of amides is 1. The Morgan fingerprint density at radius 2 is 2.00 bits per heavy atom. The van der Waals surface area contributed by atoms with Gasteiger partial charge < -0.3 is 14.7 Å². The Morgan fingerprint density at radius 1 is 1.33 bits per heavy atom. The lowest BCUT2D eigenvalue weighted by Crippen LogP contribution is -2.48. The molecule has 0 aromatic carbocycles. The van der Waals surface area contributed by atoms with Crippen molar-refractivity contribution in [2.45, 2.75) is 59.0 Å². The summed E-state index contributed by atoms with van der Waals surface area (Å²) < 4.78 is 5.41. The molecule has 2 aliphatic heterocycles. The largest absolute Gasteiger partial charge is 0.393 e. The van der Waals surface area contributed by atoms with E-state index in [9.17, 15) is 9.90 Å². The van der Waals surface area contributed by atoms with Crippen molar-refractivity contribution in [2.75, 3.05) is 26.3 Å². The third-order valence-electron chi connectivity index (χ3n) is 5.15. The standard InChI is InChI=1S/C17H31NO3/c1-13(19)15-5-4-8-18(12-15)16(20)17(2,3)11-14-6-9-21-10-7-14/h13-15,19H,4-12H2,1-3H3. The van der Waals surface area contributed by atoms with Crippen LogP contribution in [0.4, 0.5) is 0 Å². The van der Waals surface area contributed by atoms with Gasteiger partial charge in [-0.05, 0) is 44.9 Å². The summed E-state index contributed by atoms with van der Waals surface area (Å²) in [6.45, 7) is 9.23. The van der Waals surface area contributed by atoms with E-state index in [0.29, 0.717) is 12.5 Å². The predicted octanol–water partition coefficient (Wildman–Crippen LogP) is 2.45. The van der Waals surface area contributed by atoms with Gasteiger partial charge in [0.15, 0.2) is 0 Å². The number of piperidine rings is 1. The Morgan fingerprint density at radius 3 is 2.62 bits per heavy atom. The number of carbonyl (C=O) groups is 1. The zero-order valence-electron chi connectivity index (χ0n) is 13.8. The summed E-state index contributed by atoms with van der Waals surface area (Å²) >= 11 is 0. The Kier molecular flexibility index (Phi) is 5.67. The molecular formula is C17H31NO3. The van der Waals surface area contributed by atoms with Gasteiger partial charge in [0.05, 0.1) is 6.10 Å². The van der Waals surface area contributed by atoms with Crippen molar-refractivity contribution in [3.8, 4) is 0 Å². The van der Waals surface area contributed by atoms with Gasteiger partial charge in [-0.15, -0.1) is 0 Å². The number of ether oxygens (including phenoxy) is 1. The van der Waals surface area contributed by atoms with Gasteiger partial charge in [0.25, 0.3) is 0 Å². The zero-order valence-corrected chi connectivity index (χ0v) is 13.8. The number of rotatable bonds is 4. The number of aliphatic hydroxyl groups is 1. The van der Waals surface area contributed by atoms with Crippen LogP contribution in [0.25, 0.3) is 0 Å². The Hall–Kier alpha value is -0.610. The first-order valence-corrected chi connectivity index (χ1v) is 8.45. The van der Waals surface area contributed by atoms with E-state index in [1.165, 1.54) is 0 Å². The molecule has 2 unspecified atom stereocenters. The normalized spacial score (nSPS) is 26.7. The van der Waals surface area contributed by atoms with Crippen molar-refractivity contribution in [3.63, 3.8) is 0 Å². The first-order chi connectivity index (χ1) is 9.90. The molecule has 4 nitrogen and oxygen atoms in total. The van der Waals surface area contributed by atoms with E-state index in [1.54, 1.807) is 0 Å². The summed E-state index contributed by atoms with van der Waals surface area (Å²) in [5, 5.41) is 9.79. The van der Waals surface area contributed by atoms with Gasteiger partial charge in [0, 0.05) is 37.6 Å². The molecule has 0 aliphatic carbocycles. The highest BCUT2D eigenvalue weighted by molar-refractivity contribution is 5.82. The van der Waals surface area contributed by atoms with E-state index in [4.69, 9.17) is 4.74 Å². The molecular weight excluding hydrogens is 266 g/mol. The minimum Gasteiger partial charge on any atom is -0.393 e. The highest BCUT2D eigenvalue weighted by atomic mass is 16.5. The maximum atomic E-state index is 12.9. The molecule has 122 valence electrons. The van der Waals surface area contributed by atoms with E-state index >= 15 is 0 Å². The molecule has 2 heterocycles. The Bertz CT molecular complexity index is 348. The fourth-order valence-electron chi connectivity index (χ4n) is 3.78. The molecule has 0 aromatic heterocycles. The number of hydrogen-bond acceptors (Lipinski definition) is 3. The van der Waals surface area contributed by atoms with Crippen LogP contribution in [0.5, 0.6) is 0 Å². The monoisotopic (exact) mass is 297 g/mol. The van der Waals surface area contributed by atoms with Gasteiger partial charge in [-0.25, -0.2) is 0 Å². The molecule has 0 saturated carbocycles. The van der Waals surface area contributed by atoms with Gasteiger partial charge in [-0.3, -0.25) is 4.79 Å². The number of likely N-dealkylation sites (tertiary alicyclic amines) is 1. The first-order valence-electron chi connectivity index (χ1n) is 8.45. The molecule has 0 bridgehead atoms. The minimum atomic E-state index is -0.320. The van der Waals surface area contributed by atoms with Crippen molar-refractivity contribution in [3.05, 3.63) is 0 Å². The smallest absolute Gasteiger partial charge is 0.228 e. The van der Waals surface area contributed by atoms with Crippen LogP contribution in [0.2, 0.25) is 0 Å². The van der Waals surface area contributed by atoms with Crippen LogP contribution in [0.1, 0.15) is 52.9 Å². The molecule has 1 N–H and O–H groups in total. The fourth-order valence-corrected chi connectivity index (χ4v) is 3.78. The molecule has 2 atom stereocenters. The molecule has 1 amide bonds. The van der Waals surface area contributed by atoms with Crippen molar-refractivity contribution in [2.24, 2.45) is 17.3 Å². The summed E-state index contributed by atoms with van der Waals surface area (Å²) in [6.07, 6.45) is 4.82. The van der Waals surface area contributed by atoms with Crippen molar-refractivity contribution < 1.29 is 14.6 Å². The molecule has 2 rings (SSSR count). The number of hydrogen-bond donors (Lipinski definition) is 1. The summed E-state index contributed by atoms with van der Waals surface area (Å²) in [6, 6.07) is 0. The Balaban J connectivity index is 1.93. The molecule has 2 aliphatic rings. The van der Waals surface area contributed by atoms with Crippen molar-refractivity contribution in [1.82, 2.24) is 4.90 Å². The highest BCUT2D eigenvalue weighted by Gasteiger charge is 2.37. The van der Waals surface area contributed by atoms with Crippen LogP contribution in [-0.4, -0.2) is 48.3 Å². The lowest BCUT2D eigenvalue weighted by molar-refractivity contribution is -0.144. The quantitative estimate of drug-likeness (QED) is 0.867. The van der Waals surface area contributed by atoms with Crippen molar-refractivity contribution >= 4 is 5.91 Å². The van der Waals surface area contributed by atoms with Gasteiger partial charge in [0.2, 0.25) is 5.91 Å². The average Bonchev–Trinajstić information content (AvgIpc) is 2.47. The van der Waals surface area contributed by atoms with Gasteiger partial charge in [-0.1, -0.05) is 13.8 Å². The zero-order chi connectivity index (χ0) is 15.5. The minimum absolute atomic E-state index is 0.238. The highest BCUT2D eigenvalue weighted by Crippen LogP contribution is 2.34. The van der Waals surface area contributed by atoms with Gasteiger partial charge >= 0.3 is 0 Å². The molecule has 0 radical (unpaired) electrons. The van der Waals surface area contributed by atoms with Crippen LogP contribution >= 0.6 is 0 Å². The summed E-state index contributed by atoms with van der Waals surface area (Å²) in [5.41, 5.74) is -0.303. The number of carbonyl (C=O) groups excluding carboxylic acids is 1. The molecule has 21 heavy (non-hydrogen) atoms. The third kappa shape index (κ3) is 4.43. The average molecular weight is 297 g/mol. The lowest BCUT2D eigenvalue weighted by Gasteiger charge is -2.40. The second kappa shape index (κ2) is 7.10. The summed E-state index contributed by atoms with van der Waals surface area (Å²) in [7, 11) is 0. The molecule has 2 saturated heterocycles. The van der Waals surface area contributed by atoms with Crippen LogP contribution in [0.3, 0.4) is 0 Å². The molecule has 0 aromatic rings. The predicted molar refractivity (Wildman–Crippen MR) is 82.9 cm³/mol. The van der Waals surface area contributed by atoms with Crippen LogP contribution in [0, 0.1) is 17.3 Å². The number of nitrogens with zero attached hydrogens (tertiary/aromatic N) is 1. The maximum absolute atomic E-state index is 12.9. The van der Waals surface area contributed by atoms with E-state index in [1.807, 2.05) is 11.8 Å². The van der Waals surface area contributed by atoms with E-state index in [0.717, 1.165) is 51.9 Å². The summed E-state index contributed by atoms with van der Waals surface area (Å²) in [4.78, 5) is 14.9. The van der Waals surface area contributed by atoms with E-state index in [-0.39, 0.29) is 23.3 Å². The van der Waals surface area contributed by atoms with Crippen molar-refractivity contribution in [1.29, 1.82) is 0 Å². The fraction of sp³-hybridized carbons (Fsp3) is 0.941. The van der Waals surface area contributed by atoms with Gasteiger partial charge in [-0.2, -0.15) is 0 Å². The molecule has 4 heteroatoms. The lowest BCUT2D eigenvalue weighted by atomic mass is 9.78. The SMILES string of the molecule is CC(O)C1CCCN(C(=O)C(C)(C)CC2CCOCC2)C1. The molecule has 2 fully saturated rings. The van der Waals surface area contributed by atoms with Crippen LogP contribution < -0.4 is 0 Å². The topological polar surface area (TPSA) is 49.8 Å². The first kappa shape index (κ1) is 16.8. The second-order valence-electron chi connectivity index (χ2n) is 7.54. The van der Waals surface area contributed by atoms with Crippen LogP contribution in [0.15, 0.2) is 0 Å². The van der Waals surface area contributed by atoms with E-state index in [2.05, 4.69) is 13.8 Å². The second-order valence-corrected chi connectivity index (χ2v) is 7.54. The summed E-state index contributed by atoms with van der Waals surface area (Å²) in [5.74, 6) is 1.11. The van der Waals surface area contributed by atoms with Crippen LogP contribution in [-0.2, 0) is 9.53 Å². The Labute approximate surface area is 128 Å². The molecule has 0 spiro atoms. The third-order valence-corrected chi connectivity index (χ3v) is 5.15. The number of aliphatic hydroxyl groups excluding tert-OH is 1. The maximum Gasteiger partial charge on any atom is 0.228 e.